The Morgan fingerprint density at radius 1 is 1.28 bits per heavy atom. The molecule has 3 aliphatic heterocycles. The maximum atomic E-state index is 12.3. The highest BCUT2D eigenvalue weighted by Crippen LogP contribution is 2.47. The molecule has 5 unspecified atom stereocenters. The molecular formula is C13H14F3NO7S. The molecule has 0 aliphatic carbocycles. The minimum absolute atomic E-state index is 0.156. The molecule has 0 radical (unpaired) electrons. The van der Waals surface area contributed by atoms with Crippen LogP contribution in [0, 0.1) is 0 Å². The standard InChI is InChI=1S/C13H14F3NO7S/c1-5(13(14,15)16)12(19)17-3-2-8(18)23-9-6-4-7-10(22-6)11(9)24-25(7,20)21/h6-7,9-11H,1-4H2,(H,17,19). The summed E-state index contributed by atoms with van der Waals surface area (Å²) in [6.45, 7) is 2.24. The molecule has 1 amide bonds. The molecule has 3 rings (SSSR count). The first-order valence-corrected chi connectivity index (χ1v) is 8.79. The van der Waals surface area contributed by atoms with Crippen molar-refractivity contribution >= 4 is 22.0 Å². The Bertz CT molecular complexity index is 720. The van der Waals surface area contributed by atoms with Crippen molar-refractivity contribution in [3.63, 3.8) is 0 Å². The second-order valence-corrected chi connectivity index (χ2v) is 7.69. The van der Waals surface area contributed by atoms with Gasteiger partial charge < -0.3 is 14.8 Å². The number of hydrogen-bond acceptors (Lipinski definition) is 7. The van der Waals surface area contributed by atoms with E-state index in [1.54, 1.807) is 0 Å². The molecule has 25 heavy (non-hydrogen) atoms. The molecule has 1 N–H and O–H groups in total. The first-order valence-electron chi connectivity index (χ1n) is 7.32. The molecular weight excluding hydrogens is 371 g/mol. The van der Waals surface area contributed by atoms with Gasteiger partial charge in [0.15, 0.2) is 6.10 Å². The summed E-state index contributed by atoms with van der Waals surface area (Å²) < 4.78 is 75.7. The largest absolute Gasteiger partial charge is 0.457 e. The van der Waals surface area contributed by atoms with Crippen LogP contribution in [0.25, 0.3) is 0 Å². The SMILES string of the molecule is C=C(C(=O)NCCC(=O)OC1C2CC3C(O2)C1OS3(=O)=O)C(F)(F)F. The van der Waals surface area contributed by atoms with Gasteiger partial charge in [0.05, 0.1) is 12.5 Å². The highest BCUT2D eigenvalue weighted by molar-refractivity contribution is 7.87. The molecule has 0 aromatic heterocycles. The van der Waals surface area contributed by atoms with Gasteiger partial charge >= 0.3 is 12.1 Å². The highest BCUT2D eigenvalue weighted by Gasteiger charge is 2.67. The number of carbonyl (C=O) groups is 2. The van der Waals surface area contributed by atoms with Crippen molar-refractivity contribution < 1.29 is 44.8 Å². The van der Waals surface area contributed by atoms with E-state index in [0.717, 1.165) is 0 Å². The molecule has 12 heteroatoms. The summed E-state index contributed by atoms with van der Waals surface area (Å²) in [4.78, 5) is 23.0. The normalized spacial score (nSPS) is 34.8. The smallest absolute Gasteiger partial charge is 0.421 e. The summed E-state index contributed by atoms with van der Waals surface area (Å²) in [6, 6.07) is 0. The van der Waals surface area contributed by atoms with Gasteiger partial charge in [-0.1, -0.05) is 6.58 Å². The Hall–Kier alpha value is -1.66. The fourth-order valence-electron chi connectivity index (χ4n) is 3.09. The third-order valence-electron chi connectivity index (χ3n) is 4.29. The number of alkyl halides is 3. The number of ether oxygens (including phenoxy) is 2. The highest BCUT2D eigenvalue weighted by atomic mass is 32.2. The lowest BCUT2D eigenvalue weighted by Gasteiger charge is -2.21. The summed E-state index contributed by atoms with van der Waals surface area (Å²) in [7, 11) is -3.74. The summed E-state index contributed by atoms with van der Waals surface area (Å²) in [5, 5.41) is 1.15. The number of amides is 1. The molecule has 3 heterocycles. The minimum atomic E-state index is -4.85. The van der Waals surface area contributed by atoms with Crippen LogP contribution in [0.3, 0.4) is 0 Å². The first-order chi connectivity index (χ1) is 11.5. The molecule has 8 nitrogen and oxygen atoms in total. The lowest BCUT2D eigenvalue weighted by Crippen LogP contribution is -2.42. The molecule has 0 spiro atoms. The van der Waals surface area contributed by atoms with Gasteiger partial charge in [0.1, 0.15) is 23.0 Å². The number of hydrogen-bond donors (Lipinski definition) is 1. The zero-order valence-electron chi connectivity index (χ0n) is 12.6. The number of carbonyl (C=O) groups excluding carboxylic acids is 2. The van der Waals surface area contributed by atoms with Gasteiger partial charge in [-0.25, -0.2) is 0 Å². The number of halogens is 3. The van der Waals surface area contributed by atoms with E-state index in [9.17, 15) is 31.2 Å². The van der Waals surface area contributed by atoms with E-state index in [-0.39, 0.29) is 13.0 Å². The van der Waals surface area contributed by atoms with Gasteiger partial charge in [-0.2, -0.15) is 21.6 Å². The van der Waals surface area contributed by atoms with Crippen molar-refractivity contribution in [2.45, 2.75) is 48.7 Å². The van der Waals surface area contributed by atoms with Crippen LogP contribution in [0.4, 0.5) is 13.2 Å². The lowest BCUT2D eigenvalue weighted by atomic mass is 9.94. The van der Waals surface area contributed by atoms with E-state index in [2.05, 4.69) is 6.58 Å². The van der Waals surface area contributed by atoms with Crippen LogP contribution in [0.1, 0.15) is 12.8 Å². The summed E-state index contributed by atoms with van der Waals surface area (Å²) in [5.41, 5.74) is -1.57. The van der Waals surface area contributed by atoms with E-state index in [4.69, 9.17) is 13.7 Å². The Labute approximate surface area is 140 Å². The van der Waals surface area contributed by atoms with Gasteiger partial charge in [0, 0.05) is 6.54 Å². The molecule has 0 aromatic carbocycles. The summed E-state index contributed by atoms with van der Waals surface area (Å²) >= 11 is 0. The van der Waals surface area contributed by atoms with Crippen molar-refractivity contribution in [3.8, 4) is 0 Å². The topological polar surface area (TPSA) is 108 Å². The zero-order valence-corrected chi connectivity index (χ0v) is 13.4. The fourth-order valence-corrected chi connectivity index (χ4v) is 4.74. The first kappa shape index (κ1) is 18.1. The fraction of sp³-hybridized carbons (Fsp3) is 0.692. The molecule has 2 bridgehead atoms. The predicted octanol–water partition coefficient (Wildman–Crippen LogP) is -0.209. The van der Waals surface area contributed by atoms with Crippen LogP contribution in [-0.2, 0) is 33.4 Å². The molecule has 0 aromatic rings. The third-order valence-corrected chi connectivity index (χ3v) is 5.98. The van der Waals surface area contributed by atoms with Crippen molar-refractivity contribution in [2.75, 3.05) is 6.54 Å². The second-order valence-electron chi connectivity index (χ2n) is 5.90. The maximum absolute atomic E-state index is 12.3. The van der Waals surface area contributed by atoms with Crippen molar-refractivity contribution in [3.05, 3.63) is 12.2 Å². The molecule has 3 fully saturated rings. The van der Waals surface area contributed by atoms with E-state index >= 15 is 0 Å². The third kappa shape index (κ3) is 3.25. The Morgan fingerprint density at radius 3 is 2.60 bits per heavy atom. The van der Waals surface area contributed by atoms with Crippen LogP contribution in [0.15, 0.2) is 12.2 Å². The van der Waals surface area contributed by atoms with Crippen LogP contribution in [0.2, 0.25) is 0 Å². The predicted molar refractivity (Wildman–Crippen MR) is 73.6 cm³/mol. The minimum Gasteiger partial charge on any atom is -0.457 e. The Morgan fingerprint density at radius 2 is 1.96 bits per heavy atom. The number of fused-ring (bicyclic) bond motifs is 1. The molecule has 5 atom stereocenters. The van der Waals surface area contributed by atoms with Gasteiger partial charge in [0.25, 0.3) is 16.0 Å². The van der Waals surface area contributed by atoms with E-state index in [1.165, 1.54) is 0 Å². The van der Waals surface area contributed by atoms with Crippen LogP contribution in [0.5, 0.6) is 0 Å². The molecule has 3 aliphatic rings. The molecule has 3 saturated heterocycles. The number of esters is 1. The van der Waals surface area contributed by atoms with Gasteiger partial charge in [0.2, 0.25) is 0 Å². The van der Waals surface area contributed by atoms with Gasteiger partial charge in [-0.3, -0.25) is 13.8 Å². The van der Waals surface area contributed by atoms with Crippen molar-refractivity contribution in [1.29, 1.82) is 0 Å². The molecule has 140 valence electrons. The van der Waals surface area contributed by atoms with Crippen LogP contribution >= 0.6 is 0 Å². The zero-order chi connectivity index (χ0) is 18.6. The van der Waals surface area contributed by atoms with E-state index in [1.807, 2.05) is 5.32 Å². The molecule has 0 saturated carbocycles. The second kappa shape index (κ2) is 5.95. The summed E-state index contributed by atoms with van der Waals surface area (Å²) in [5.74, 6) is -2.25. The van der Waals surface area contributed by atoms with Crippen LogP contribution < -0.4 is 5.32 Å². The van der Waals surface area contributed by atoms with E-state index in [0.29, 0.717) is 0 Å². The quantitative estimate of drug-likeness (QED) is 0.396. The number of rotatable bonds is 5. The van der Waals surface area contributed by atoms with Gasteiger partial charge in [-0.15, -0.1) is 0 Å². The maximum Gasteiger partial charge on any atom is 0.421 e. The number of nitrogens with one attached hydrogen (secondary N) is 1. The Balaban J connectivity index is 1.47. The summed E-state index contributed by atoms with van der Waals surface area (Å²) in [6.07, 6.45) is -8.17. The van der Waals surface area contributed by atoms with E-state index < -0.39 is 69.8 Å². The van der Waals surface area contributed by atoms with Crippen molar-refractivity contribution in [1.82, 2.24) is 5.32 Å². The monoisotopic (exact) mass is 385 g/mol. The Kier molecular flexibility index (Phi) is 4.32. The average Bonchev–Trinajstić information content (AvgIpc) is 3.09. The van der Waals surface area contributed by atoms with Gasteiger partial charge in [-0.05, 0) is 6.42 Å². The lowest BCUT2D eigenvalue weighted by molar-refractivity contribution is -0.154. The van der Waals surface area contributed by atoms with Crippen molar-refractivity contribution in [2.24, 2.45) is 0 Å². The van der Waals surface area contributed by atoms with Crippen LogP contribution in [-0.4, -0.2) is 62.7 Å². The average molecular weight is 385 g/mol.